The molecule has 1 atom stereocenters. The van der Waals surface area contributed by atoms with Crippen molar-refractivity contribution in [3.05, 3.63) is 23.4 Å². The average Bonchev–Trinajstić information content (AvgIpc) is 2.66. The summed E-state index contributed by atoms with van der Waals surface area (Å²) in [7, 11) is 1.36. The van der Waals surface area contributed by atoms with E-state index in [4.69, 9.17) is 0 Å². The number of methoxy groups -OCH3 is 1. The van der Waals surface area contributed by atoms with E-state index in [1.807, 2.05) is 6.92 Å². The summed E-state index contributed by atoms with van der Waals surface area (Å²) >= 11 is 0. The third-order valence-corrected chi connectivity index (χ3v) is 2.29. The topological polar surface area (TPSA) is 63.4 Å². The number of nitrogens with zero attached hydrogens (tertiary/aromatic N) is 3. The van der Waals surface area contributed by atoms with E-state index in [0.717, 1.165) is 11.4 Å². The lowest BCUT2D eigenvalue weighted by Crippen LogP contribution is -2.22. The van der Waals surface area contributed by atoms with Gasteiger partial charge >= 0.3 is 5.97 Å². The molecule has 1 unspecified atom stereocenters. The van der Waals surface area contributed by atoms with Crippen molar-refractivity contribution in [2.24, 2.45) is 21.4 Å². The monoisotopic (exact) mass is 191 g/mol. The Hall–Kier alpha value is -1.78. The van der Waals surface area contributed by atoms with E-state index in [2.05, 4.69) is 20.2 Å². The van der Waals surface area contributed by atoms with Crippen molar-refractivity contribution in [2.75, 3.05) is 7.11 Å². The predicted octanol–water partition coefficient (Wildman–Crippen LogP) is 1.44. The van der Waals surface area contributed by atoms with Crippen LogP contribution in [0, 0.1) is 5.92 Å². The summed E-state index contributed by atoms with van der Waals surface area (Å²) in [5.74, 6) is -0.431. The maximum atomic E-state index is 11.3. The molecule has 2 rings (SSSR count). The minimum absolute atomic E-state index is 0.0996. The van der Waals surface area contributed by atoms with Crippen LogP contribution in [-0.4, -0.2) is 18.8 Å². The standard InChI is InChI=1S/C9H9N3O2/c1-5-6(9(13)14-2)3-4-7-8(5)11-12-10-7/h3-5H,1-2H3. The van der Waals surface area contributed by atoms with Gasteiger partial charge < -0.3 is 4.74 Å². The number of carbonyl (C=O) groups excluding carboxylic acids is 1. The quantitative estimate of drug-likeness (QED) is 0.588. The summed E-state index contributed by atoms with van der Waals surface area (Å²) in [6.07, 6.45) is 3.43. The molecule has 0 fully saturated rings. The van der Waals surface area contributed by atoms with E-state index in [0.29, 0.717) is 5.57 Å². The van der Waals surface area contributed by atoms with Crippen LogP contribution in [0.25, 0.3) is 0 Å². The zero-order chi connectivity index (χ0) is 10.1. The van der Waals surface area contributed by atoms with Gasteiger partial charge in [0.25, 0.3) is 0 Å². The Bertz CT molecular complexity index is 404. The van der Waals surface area contributed by atoms with Crippen LogP contribution in [0.15, 0.2) is 38.9 Å². The fraction of sp³-hybridized carbons (Fsp3) is 0.333. The maximum absolute atomic E-state index is 11.3. The molecule has 5 heteroatoms. The van der Waals surface area contributed by atoms with Gasteiger partial charge in [0.1, 0.15) is 5.70 Å². The Morgan fingerprint density at radius 3 is 3.00 bits per heavy atom. The van der Waals surface area contributed by atoms with E-state index < -0.39 is 0 Å². The Morgan fingerprint density at radius 2 is 2.29 bits per heavy atom. The second-order valence-electron chi connectivity index (χ2n) is 3.06. The highest BCUT2D eigenvalue weighted by molar-refractivity contribution is 6.10. The second-order valence-corrected chi connectivity index (χ2v) is 3.06. The molecule has 0 N–H and O–H groups in total. The third kappa shape index (κ3) is 1.17. The van der Waals surface area contributed by atoms with Gasteiger partial charge in [-0.3, -0.25) is 0 Å². The molecule has 1 aliphatic heterocycles. The second kappa shape index (κ2) is 3.17. The fourth-order valence-electron chi connectivity index (χ4n) is 1.47. The van der Waals surface area contributed by atoms with Gasteiger partial charge in [0.15, 0.2) is 0 Å². The van der Waals surface area contributed by atoms with Crippen LogP contribution in [0.1, 0.15) is 6.92 Å². The summed E-state index contributed by atoms with van der Waals surface area (Å²) < 4.78 is 4.66. The average molecular weight is 191 g/mol. The number of allylic oxidation sites excluding steroid dienone is 3. The summed E-state index contributed by atoms with van der Waals surface area (Å²) in [6.45, 7) is 1.88. The Balaban J connectivity index is 2.36. The number of hydrogen-bond acceptors (Lipinski definition) is 5. The number of rotatable bonds is 1. The van der Waals surface area contributed by atoms with E-state index in [-0.39, 0.29) is 11.9 Å². The molecule has 0 aromatic rings. The molecule has 0 bridgehead atoms. The largest absolute Gasteiger partial charge is 0.466 e. The van der Waals surface area contributed by atoms with Crippen LogP contribution in [0.4, 0.5) is 0 Å². The van der Waals surface area contributed by atoms with E-state index in [9.17, 15) is 4.79 Å². The number of esters is 1. The van der Waals surface area contributed by atoms with E-state index in [1.165, 1.54) is 7.11 Å². The first kappa shape index (κ1) is 8.80. The Morgan fingerprint density at radius 1 is 1.50 bits per heavy atom. The predicted molar refractivity (Wildman–Crippen MR) is 49.6 cm³/mol. The van der Waals surface area contributed by atoms with Gasteiger partial charge in [-0.2, -0.15) is 0 Å². The maximum Gasteiger partial charge on any atom is 0.334 e. The van der Waals surface area contributed by atoms with Crippen LogP contribution in [0.5, 0.6) is 0 Å². The molecule has 0 spiro atoms. The normalized spacial score (nSPS) is 23.6. The van der Waals surface area contributed by atoms with Crippen LogP contribution >= 0.6 is 0 Å². The Kier molecular flexibility index (Phi) is 1.99. The van der Waals surface area contributed by atoms with Crippen LogP contribution < -0.4 is 0 Å². The molecule has 2 aliphatic rings. The van der Waals surface area contributed by atoms with Crippen LogP contribution in [-0.2, 0) is 9.53 Å². The first-order valence-corrected chi connectivity index (χ1v) is 4.23. The van der Waals surface area contributed by atoms with Gasteiger partial charge in [-0.15, -0.1) is 10.2 Å². The lowest BCUT2D eigenvalue weighted by atomic mass is 9.90. The molecule has 0 aromatic carbocycles. The van der Waals surface area contributed by atoms with Crippen molar-refractivity contribution < 1.29 is 9.53 Å². The van der Waals surface area contributed by atoms with Gasteiger partial charge in [0.05, 0.1) is 12.8 Å². The zero-order valence-electron chi connectivity index (χ0n) is 7.89. The molecule has 0 radical (unpaired) electrons. The van der Waals surface area contributed by atoms with E-state index >= 15 is 0 Å². The molecule has 0 saturated carbocycles. The molecule has 1 aliphatic carbocycles. The lowest BCUT2D eigenvalue weighted by Gasteiger charge is -2.16. The van der Waals surface area contributed by atoms with Crippen molar-refractivity contribution in [1.82, 2.24) is 0 Å². The molecular weight excluding hydrogens is 182 g/mol. The number of hydrogen-bond donors (Lipinski definition) is 0. The number of ether oxygens (including phenoxy) is 1. The van der Waals surface area contributed by atoms with Crippen molar-refractivity contribution in [1.29, 1.82) is 0 Å². The van der Waals surface area contributed by atoms with Gasteiger partial charge in [-0.05, 0) is 17.4 Å². The van der Waals surface area contributed by atoms with Crippen LogP contribution in [0.3, 0.4) is 0 Å². The first-order valence-electron chi connectivity index (χ1n) is 4.23. The number of carbonyl (C=O) groups is 1. The molecule has 0 amide bonds. The summed E-state index contributed by atoms with van der Waals surface area (Å²) in [6, 6.07) is 0. The van der Waals surface area contributed by atoms with Gasteiger partial charge in [0, 0.05) is 11.5 Å². The Labute approximate surface area is 80.9 Å². The first-order chi connectivity index (χ1) is 6.74. The molecule has 72 valence electrons. The van der Waals surface area contributed by atoms with Gasteiger partial charge in [0.2, 0.25) is 0 Å². The smallest absolute Gasteiger partial charge is 0.334 e. The highest BCUT2D eigenvalue weighted by Gasteiger charge is 2.29. The molecule has 0 saturated heterocycles. The number of fused-ring (bicyclic) bond motifs is 1. The highest BCUT2D eigenvalue weighted by Crippen LogP contribution is 2.27. The highest BCUT2D eigenvalue weighted by atomic mass is 16.5. The SMILES string of the molecule is COC(=O)C1=CC=C2N=NN=C2C1C. The van der Waals surface area contributed by atoms with Gasteiger partial charge in [-0.1, -0.05) is 6.92 Å². The zero-order valence-corrected chi connectivity index (χ0v) is 7.89. The summed E-state index contributed by atoms with van der Waals surface area (Å²) in [4.78, 5) is 11.3. The molecule has 14 heavy (non-hydrogen) atoms. The summed E-state index contributed by atoms with van der Waals surface area (Å²) in [5, 5.41) is 11.2. The molecule has 5 nitrogen and oxygen atoms in total. The minimum atomic E-state index is -0.331. The van der Waals surface area contributed by atoms with Crippen molar-refractivity contribution in [3.8, 4) is 0 Å². The molecular formula is C9H9N3O2. The minimum Gasteiger partial charge on any atom is -0.466 e. The molecule has 0 aromatic heterocycles. The third-order valence-electron chi connectivity index (χ3n) is 2.29. The molecule has 1 heterocycles. The van der Waals surface area contributed by atoms with E-state index in [1.54, 1.807) is 12.2 Å². The van der Waals surface area contributed by atoms with Crippen molar-refractivity contribution in [2.45, 2.75) is 6.92 Å². The van der Waals surface area contributed by atoms with Crippen molar-refractivity contribution in [3.63, 3.8) is 0 Å². The van der Waals surface area contributed by atoms with Gasteiger partial charge in [-0.25, -0.2) is 4.79 Å². The van der Waals surface area contributed by atoms with Crippen molar-refractivity contribution >= 4 is 11.7 Å². The summed E-state index contributed by atoms with van der Waals surface area (Å²) in [5.41, 5.74) is 2.04. The van der Waals surface area contributed by atoms with Crippen LogP contribution in [0.2, 0.25) is 0 Å². The lowest BCUT2D eigenvalue weighted by molar-refractivity contribution is -0.136. The fourth-order valence-corrected chi connectivity index (χ4v) is 1.47.